The van der Waals surface area contributed by atoms with Gasteiger partial charge in [0, 0.05) is 23.7 Å². The average Bonchev–Trinajstić information content (AvgIpc) is 2.86. The maximum absolute atomic E-state index is 12.3. The first-order valence-electron chi connectivity index (χ1n) is 7.38. The van der Waals surface area contributed by atoms with Crippen molar-refractivity contribution in [3.63, 3.8) is 0 Å². The van der Waals surface area contributed by atoms with E-state index in [-0.39, 0.29) is 24.8 Å². The van der Waals surface area contributed by atoms with E-state index in [0.29, 0.717) is 10.7 Å². The SMILES string of the molecule is CC(C)[C@@H](NC(=O)C1CC(=O)N(c2ccc(Cl)cc2)C1)C(=O)O. The normalized spacial score (nSPS) is 19.0. The first-order chi connectivity index (χ1) is 10.8. The number of carboxylic acids is 1. The van der Waals surface area contributed by atoms with Crippen molar-refractivity contribution < 1.29 is 19.5 Å². The van der Waals surface area contributed by atoms with Crippen LogP contribution in [0.25, 0.3) is 0 Å². The van der Waals surface area contributed by atoms with Crippen LogP contribution < -0.4 is 10.2 Å². The highest BCUT2D eigenvalue weighted by Gasteiger charge is 2.37. The van der Waals surface area contributed by atoms with Gasteiger partial charge in [-0.2, -0.15) is 0 Å². The van der Waals surface area contributed by atoms with E-state index in [1.807, 2.05) is 0 Å². The van der Waals surface area contributed by atoms with Gasteiger partial charge in [-0.3, -0.25) is 9.59 Å². The molecule has 0 bridgehead atoms. The summed E-state index contributed by atoms with van der Waals surface area (Å²) in [6, 6.07) is 5.83. The highest BCUT2D eigenvalue weighted by molar-refractivity contribution is 6.30. The van der Waals surface area contributed by atoms with Crippen LogP contribution in [0, 0.1) is 11.8 Å². The standard InChI is InChI=1S/C16H19ClN2O4/c1-9(2)14(16(22)23)18-15(21)10-7-13(20)19(8-10)12-5-3-11(17)4-6-12/h3-6,9-10,14H,7-8H2,1-2H3,(H,18,21)(H,22,23)/t10?,14-/m1/s1. The fourth-order valence-corrected chi connectivity index (χ4v) is 2.66. The Morgan fingerprint density at radius 1 is 1.30 bits per heavy atom. The molecule has 0 spiro atoms. The van der Waals surface area contributed by atoms with Crippen molar-refractivity contribution in [2.75, 3.05) is 11.4 Å². The number of amides is 2. The Morgan fingerprint density at radius 3 is 2.43 bits per heavy atom. The lowest BCUT2D eigenvalue weighted by Crippen LogP contribution is -2.47. The lowest BCUT2D eigenvalue weighted by molar-refractivity contribution is -0.143. The molecular formula is C16H19ClN2O4. The van der Waals surface area contributed by atoms with Crippen LogP contribution in [-0.2, 0) is 14.4 Å². The molecule has 1 aromatic rings. The molecule has 1 aliphatic heterocycles. The molecule has 2 amide bonds. The Hall–Kier alpha value is -2.08. The molecular weight excluding hydrogens is 320 g/mol. The number of benzene rings is 1. The summed E-state index contributed by atoms with van der Waals surface area (Å²) < 4.78 is 0. The molecule has 1 saturated heterocycles. The lowest BCUT2D eigenvalue weighted by Gasteiger charge is -2.20. The monoisotopic (exact) mass is 338 g/mol. The van der Waals surface area contributed by atoms with Crippen molar-refractivity contribution in [2.24, 2.45) is 11.8 Å². The topological polar surface area (TPSA) is 86.7 Å². The van der Waals surface area contributed by atoms with Gasteiger partial charge in [-0.1, -0.05) is 25.4 Å². The zero-order valence-electron chi connectivity index (χ0n) is 13.0. The molecule has 124 valence electrons. The second-order valence-electron chi connectivity index (χ2n) is 5.95. The number of anilines is 1. The van der Waals surface area contributed by atoms with Gasteiger partial charge in [-0.15, -0.1) is 0 Å². The smallest absolute Gasteiger partial charge is 0.326 e. The van der Waals surface area contributed by atoms with E-state index in [1.165, 1.54) is 4.90 Å². The second-order valence-corrected chi connectivity index (χ2v) is 6.39. The van der Waals surface area contributed by atoms with E-state index in [2.05, 4.69) is 5.32 Å². The van der Waals surface area contributed by atoms with Crippen LogP contribution in [0.3, 0.4) is 0 Å². The minimum Gasteiger partial charge on any atom is -0.480 e. The number of halogens is 1. The van der Waals surface area contributed by atoms with Gasteiger partial charge in [0.1, 0.15) is 6.04 Å². The van der Waals surface area contributed by atoms with Gasteiger partial charge in [0.05, 0.1) is 5.92 Å². The molecule has 1 fully saturated rings. The number of nitrogens with one attached hydrogen (secondary N) is 1. The Bertz CT molecular complexity index is 615. The minimum atomic E-state index is -1.08. The Labute approximate surface area is 139 Å². The summed E-state index contributed by atoms with van der Waals surface area (Å²) in [5.41, 5.74) is 0.674. The molecule has 0 saturated carbocycles. The fourth-order valence-electron chi connectivity index (χ4n) is 2.54. The number of rotatable bonds is 5. The van der Waals surface area contributed by atoms with Crippen LogP contribution in [0.4, 0.5) is 5.69 Å². The zero-order chi connectivity index (χ0) is 17.1. The summed E-state index contributed by atoms with van der Waals surface area (Å²) in [6.45, 7) is 3.68. The third-order valence-corrected chi connectivity index (χ3v) is 4.12. The van der Waals surface area contributed by atoms with Gasteiger partial charge in [-0.25, -0.2) is 4.79 Å². The van der Waals surface area contributed by atoms with Gasteiger partial charge in [-0.05, 0) is 30.2 Å². The first-order valence-corrected chi connectivity index (χ1v) is 7.76. The first kappa shape index (κ1) is 17.3. The van der Waals surface area contributed by atoms with Crippen LogP contribution in [0.1, 0.15) is 20.3 Å². The van der Waals surface area contributed by atoms with Crippen molar-refractivity contribution in [3.8, 4) is 0 Å². The van der Waals surface area contributed by atoms with Crippen molar-refractivity contribution in [1.29, 1.82) is 0 Å². The molecule has 0 aromatic heterocycles. The summed E-state index contributed by atoms with van der Waals surface area (Å²) in [7, 11) is 0. The summed E-state index contributed by atoms with van der Waals surface area (Å²) in [5.74, 6) is -2.44. The van der Waals surface area contributed by atoms with E-state index >= 15 is 0 Å². The minimum absolute atomic E-state index is 0.0683. The van der Waals surface area contributed by atoms with Gasteiger partial charge >= 0.3 is 5.97 Å². The molecule has 2 rings (SSSR count). The van der Waals surface area contributed by atoms with Crippen LogP contribution in [0.2, 0.25) is 5.02 Å². The van der Waals surface area contributed by atoms with E-state index < -0.39 is 23.8 Å². The quantitative estimate of drug-likeness (QED) is 0.858. The predicted octanol–water partition coefficient (Wildman–Crippen LogP) is 1.92. The molecule has 1 heterocycles. The highest BCUT2D eigenvalue weighted by Crippen LogP contribution is 2.26. The molecule has 1 aromatic carbocycles. The fraction of sp³-hybridized carbons (Fsp3) is 0.438. The van der Waals surface area contributed by atoms with Gasteiger partial charge in [0.25, 0.3) is 0 Å². The number of carbonyl (C=O) groups excluding carboxylic acids is 2. The number of nitrogens with zero attached hydrogens (tertiary/aromatic N) is 1. The van der Waals surface area contributed by atoms with Gasteiger partial charge < -0.3 is 15.3 Å². The average molecular weight is 339 g/mol. The van der Waals surface area contributed by atoms with Crippen LogP contribution >= 0.6 is 11.6 Å². The van der Waals surface area contributed by atoms with Crippen molar-refractivity contribution in [2.45, 2.75) is 26.3 Å². The van der Waals surface area contributed by atoms with Crippen LogP contribution in [0.15, 0.2) is 24.3 Å². The van der Waals surface area contributed by atoms with Crippen LogP contribution in [0.5, 0.6) is 0 Å². The van der Waals surface area contributed by atoms with Crippen molar-refractivity contribution >= 4 is 35.1 Å². The Balaban J connectivity index is 2.05. The third-order valence-electron chi connectivity index (χ3n) is 3.86. The maximum Gasteiger partial charge on any atom is 0.326 e. The van der Waals surface area contributed by atoms with Crippen molar-refractivity contribution in [1.82, 2.24) is 5.32 Å². The van der Waals surface area contributed by atoms with Gasteiger partial charge in [0.2, 0.25) is 11.8 Å². The third kappa shape index (κ3) is 4.01. The number of hydrogen-bond donors (Lipinski definition) is 2. The molecule has 23 heavy (non-hydrogen) atoms. The summed E-state index contributed by atoms with van der Waals surface area (Å²) in [5, 5.41) is 12.2. The number of hydrogen-bond acceptors (Lipinski definition) is 3. The van der Waals surface area contributed by atoms with Crippen LogP contribution in [-0.4, -0.2) is 35.5 Å². The van der Waals surface area contributed by atoms with E-state index in [0.717, 1.165) is 0 Å². The summed E-state index contributed by atoms with van der Waals surface area (Å²) in [6.07, 6.45) is 0.0683. The molecule has 2 atom stereocenters. The number of carbonyl (C=O) groups is 3. The largest absolute Gasteiger partial charge is 0.480 e. The highest BCUT2D eigenvalue weighted by atomic mass is 35.5. The molecule has 7 heteroatoms. The molecule has 0 radical (unpaired) electrons. The number of carboxylic acid groups (broad SMARTS) is 1. The van der Waals surface area contributed by atoms with E-state index in [1.54, 1.807) is 38.1 Å². The molecule has 1 aliphatic rings. The molecule has 2 N–H and O–H groups in total. The number of aliphatic carboxylic acids is 1. The molecule has 0 aliphatic carbocycles. The van der Waals surface area contributed by atoms with E-state index in [9.17, 15) is 14.4 Å². The Morgan fingerprint density at radius 2 is 1.91 bits per heavy atom. The Kier molecular flexibility index (Phi) is 5.26. The van der Waals surface area contributed by atoms with E-state index in [4.69, 9.17) is 16.7 Å². The second kappa shape index (κ2) is 7.00. The predicted molar refractivity (Wildman–Crippen MR) is 86.3 cm³/mol. The molecule has 6 nitrogen and oxygen atoms in total. The maximum atomic E-state index is 12.3. The van der Waals surface area contributed by atoms with Crippen molar-refractivity contribution in [3.05, 3.63) is 29.3 Å². The summed E-state index contributed by atoms with van der Waals surface area (Å²) in [4.78, 5) is 37.1. The zero-order valence-corrected chi connectivity index (χ0v) is 13.7. The lowest BCUT2D eigenvalue weighted by atomic mass is 10.0. The summed E-state index contributed by atoms with van der Waals surface area (Å²) >= 11 is 5.83. The molecule has 1 unspecified atom stereocenters. The van der Waals surface area contributed by atoms with Gasteiger partial charge in [0.15, 0.2) is 0 Å².